The van der Waals surface area contributed by atoms with E-state index in [9.17, 15) is 4.79 Å². The number of carbonyl (C=O) groups is 1. The molecule has 1 saturated carbocycles. The molecule has 2 N–H and O–H groups in total. The number of ether oxygens (including phenoxy) is 1. The first-order valence-corrected chi connectivity index (χ1v) is 5.94. The lowest BCUT2D eigenvalue weighted by Gasteiger charge is -2.30. The number of hydrogen-bond acceptors (Lipinski definition) is 3. The van der Waals surface area contributed by atoms with E-state index >= 15 is 0 Å². The fourth-order valence-electron chi connectivity index (χ4n) is 2.60. The van der Waals surface area contributed by atoms with E-state index < -0.39 is 0 Å². The van der Waals surface area contributed by atoms with Crippen molar-refractivity contribution in [2.75, 3.05) is 19.6 Å². The van der Waals surface area contributed by atoms with Crippen molar-refractivity contribution >= 4 is 6.09 Å². The summed E-state index contributed by atoms with van der Waals surface area (Å²) in [5.41, 5.74) is 5.29. The fourth-order valence-corrected chi connectivity index (χ4v) is 2.60. The molecule has 0 atom stereocenters. The molecule has 0 bridgehead atoms. The Morgan fingerprint density at radius 3 is 2.73 bits per heavy atom. The zero-order chi connectivity index (χ0) is 10.7. The maximum atomic E-state index is 11.6. The molecule has 0 aromatic heterocycles. The van der Waals surface area contributed by atoms with Gasteiger partial charge in [-0.3, -0.25) is 0 Å². The minimum absolute atomic E-state index is 0.134. The molecule has 1 amide bonds. The van der Waals surface area contributed by atoms with Gasteiger partial charge in [-0.15, -0.1) is 0 Å². The Hall–Kier alpha value is -0.770. The summed E-state index contributed by atoms with van der Waals surface area (Å²) in [5.74, 6) is 0. The Bertz CT molecular complexity index is 237. The summed E-state index contributed by atoms with van der Waals surface area (Å²) in [5, 5.41) is 0. The molecule has 1 aliphatic heterocycles. The largest absolute Gasteiger partial charge is 0.441 e. The van der Waals surface area contributed by atoms with Crippen molar-refractivity contribution in [3.8, 4) is 0 Å². The molecule has 15 heavy (non-hydrogen) atoms. The molecule has 0 aromatic rings. The molecular formula is C11H20N2O2. The first-order chi connectivity index (χ1) is 7.26. The minimum Gasteiger partial charge on any atom is -0.441 e. The number of amides is 1. The van der Waals surface area contributed by atoms with E-state index in [1.807, 2.05) is 4.90 Å². The minimum atomic E-state index is -0.149. The predicted molar refractivity (Wildman–Crippen MR) is 57.5 cm³/mol. The van der Waals surface area contributed by atoms with E-state index in [4.69, 9.17) is 10.5 Å². The molecule has 0 radical (unpaired) electrons. The van der Waals surface area contributed by atoms with E-state index in [2.05, 4.69) is 0 Å². The predicted octanol–water partition coefficient (Wildman–Crippen LogP) is 1.49. The standard InChI is InChI=1S/C11H20N2O2/c12-7-4-8-13-9-11(15-10(13)14)5-2-1-3-6-11/h1-9,12H2. The molecule has 2 aliphatic rings. The van der Waals surface area contributed by atoms with Crippen LogP contribution in [0.15, 0.2) is 0 Å². The zero-order valence-electron chi connectivity index (χ0n) is 9.21. The van der Waals surface area contributed by atoms with Crippen LogP contribution in [0.25, 0.3) is 0 Å². The lowest BCUT2D eigenvalue weighted by Crippen LogP contribution is -2.37. The van der Waals surface area contributed by atoms with Crippen LogP contribution in [0, 0.1) is 0 Å². The highest BCUT2D eigenvalue weighted by atomic mass is 16.6. The molecule has 1 aliphatic carbocycles. The van der Waals surface area contributed by atoms with Crippen molar-refractivity contribution in [1.82, 2.24) is 4.90 Å². The SMILES string of the molecule is NCCCN1CC2(CCCCC2)OC1=O. The lowest BCUT2D eigenvalue weighted by molar-refractivity contribution is 0.0260. The van der Waals surface area contributed by atoms with Crippen molar-refractivity contribution in [1.29, 1.82) is 0 Å². The van der Waals surface area contributed by atoms with Crippen LogP contribution in [0.3, 0.4) is 0 Å². The number of nitrogens with zero attached hydrogens (tertiary/aromatic N) is 1. The number of nitrogens with two attached hydrogens (primary N) is 1. The highest BCUT2D eigenvalue weighted by molar-refractivity contribution is 5.70. The van der Waals surface area contributed by atoms with Crippen molar-refractivity contribution < 1.29 is 9.53 Å². The van der Waals surface area contributed by atoms with Gasteiger partial charge in [0.1, 0.15) is 5.60 Å². The fraction of sp³-hybridized carbons (Fsp3) is 0.909. The van der Waals surface area contributed by atoms with Gasteiger partial charge >= 0.3 is 6.09 Å². The van der Waals surface area contributed by atoms with Crippen LogP contribution in [0.4, 0.5) is 4.79 Å². The van der Waals surface area contributed by atoms with Gasteiger partial charge in [0.25, 0.3) is 0 Å². The second-order valence-electron chi connectivity index (χ2n) is 4.68. The smallest absolute Gasteiger partial charge is 0.410 e. The second kappa shape index (κ2) is 4.39. The summed E-state index contributed by atoms with van der Waals surface area (Å²) >= 11 is 0. The van der Waals surface area contributed by atoms with Gasteiger partial charge in [-0.25, -0.2) is 4.79 Å². The summed E-state index contributed by atoms with van der Waals surface area (Å²) in [4.78, 5) is 13.4. The van der Waals surface area contributed by atoms with Crippen LogP contribution in [0.5, 0.6) is 0 Å². The van der Waals surface area contributed by atoms with Crippen LogP contribution in [-0.4, -0.2) is 36.2 Å². The summed E-state index contributed by atoms with van der Waals surface area (Å²) in [6.45, 7) is 2.17. The van der Waals surface area contributed by atoms with Gasteiger partial charge in [0.2, 0.25) is 0 Å². The average Bonchev–Trinajstić information content (AvgIpc) is 2.53. The lowest BCUT2D eigenvalue weighted by atomic mass is 9.85. The molecular weight excluding hydrogens is 192 g/mol. The van der Waals surface area contributed by atoms with Crippen molar-refractivity contribution in [2.24, 2.45) is 5.73 Å². The summed E-state index contributed by atoms with van der Waals surface area (Å²) in [7, 11) is 0. The Balaban J connectivity index is 1.92. The maximum absolute atomic E-state index is 11.6. The van der Waals surface area contributed by atoms with Gasteiger partial charge in [0.05, 0.1) is 6.54 Å². The van der Waals surface area contributed by atoms with Crippen LogP contribution < -0.4 is 5.73 Å². The normalized spacial score (nSPS) is 24.6. The van der Waals surface area contributed by atoms with Gasteiger partial charge in [0, 0.05) is 6.54 Å². The van der Waals surface area contributed by atoms with Crippen LogP contribution in [0.1, 0.15) is 38.5 Å². The third kappa shape index (κ3) is 2.25. The maximum Gasteiger partial charge on any atom is 0.410 e. The first kappa shape index (κ1) is 10.7. The Kier molecular flexibility index (Phi) is 3.14. The van der Waals surface area contributed by atoms with Gasteiger partial charge in [-0.05, 0) is 38.6 Å². The van der Waals surface area contributed by atoms with E-state index in [0.717, 1.165) is 32.4 Å². The van der Waals surface area contributed by atoms with Crippen LogP contribution in [-0.2, 0) is 4.74 Å². The molecule has 2 fully saturated rings. The van der Waals surface area contributed by atoms with Gasteiger partial charge < -0.3 is 15.4 Å². The molecule has 1 spiro atoms. The summed E-state index contributed by atoms with van der Waals surface area (Å²) in [6.07, 6.45) is 6.48. The van der Waals surface area contributed by atoms with E-state index in [0.29, 0.717) is 6.54 Å². The quantitative estimate of drug-likeness (QED) is 0.771. The first-order valence-electron chi connectivity index (χ1n) is 5.94. The summed E-state index contributed by atoms with van der Waals surface area (Å²) < 4.78 is 5.55. The third-order valence-electron chi connectivity index (χ3n) is 3.44. The highest BCUT2D eigenvalue weighted by Crippen LogP contribution is 2.36. The molecule has 0 unspecified atom stereocenters. The molecule has 0 aromatic carbocycles. The van der Waals surface area contributed by atoms with Gasteiger partial charge in [-0.2, -0.15) is 0 Å². The molecule has 86 valence electrons. The third-order valence-corrected chi connectivity index (χ3v) is 3.44. The number of hydrogen-bond donors (Lipinski definition) is 1. The Morgan fingerprint density at radius 2 is 2.07 bits per heavy atom. The van der Waals surface area contributed by atoms with Crippen LogP contribution >= 0.6 is 0 Å². The highest BCUT2D eigenvalue weighted by Gasteiger charge is 2.45. The van der Waals surface area contributed by atoms with Gasteiger partial charge in [0.15, 0.2) is 0 Å². The van der Waals surface area contributed by atoms with E-state index in [1.165, 1.54) is 19.3 Å². The Labute approximate surface area is 90.8 Å². The monoisotopic (exact) mass is 212 g/mol. The van der Waals surface area contributed by atoms with Gasteiger partial charge in [-0.1, -0.05) is 6.42 Å². The molecule has 2 rings (SSSR count). The average molecular weight is 212 g/mol. The molecule has 4 nitrogen and oxygen atoms in total. The van der Waals surface area contributed by atoms with E-state index in [-0.39, 0.29) is 11.7 Å². The molecule has 1 saturated heterocycles. The number of carbonyl (C=O) groups excluding carboxylic acids is 1. The van der Waals surface area contributed by atoms with Crippen molar-refractivity contribution in [3.63, 3.8) is 0 Å². The molecule has 4 heteroatoms. The topological polar surface area (TPSA) is 55.6 Å². The van der Waals surface area contributed by atoms with E-state index in [1.54, 1.807) is 0 Å². The molecule has 1 heterocycles. The second-order valence-corrected chi connectivity index (χ2v) is 4.68. The van der Waals surface area contributed by atoms with Crippen molar-refractivity contribution in [2.45, 2.75) is 44.1 Å². The Morgan fingerprint density at radius 1 is 1.33 bits per heavy atom. The number of rotatable bonds is 3. The summed E-state index contributed by atoms with van der Waals surface area (Å²) in [6, 6.07) is 0. The van der Waals surface area contributed by atoms with Crippen molar-refractivity contribution in [3.05, 3.63) is 0 Å². The zero-order valence-corrected chi connectivity index (χ0v) is 9.21. The van der Waals surface area contributed by atoms with Crippen LogP contribution in [0.2, 0.25) is 0 Å².